The predicted octanol–water partition coefficient (Wildman–Crippen LogP) is 3.28. The number of unbranched alkanes of at least 4 members (excludes halogenated alkanes) is 5. The zero-order valence-corrected chi connectivity index (χ0v) is 13.8. The number of hydrogen-bond acceptors (Lipinski definition) is 3. The predicted molar refractivity (Wildman–Crippen MR) is 93.6 cm³/mol. The minimum Gasteiger partial charge on any atom is -0.394 e. The van der Waals surface area contributed by atoms with E-state index in [1.165, 1.54) is 44.1 Å². The third-order valence-corrected chi connectivity index (χ3v) is 4.00. The Kier molecular flexibility index (Phi) is 9.05. The molecule has 0 spiro atoms. The van der Waals surface area contributed by atoms with Crippen LogP contribution in [0, 0.1) is 0 Å². The molecule has 0 aromatic heterocycles. The summed E-state index contributed by atoms with van der Waals surface area (Å²) in [6, 6.07) is 8.39. The summed E-state index contributed by atoms with van der Waals surface area (Å²) < 4.78 is 0. The lowest BCUT2D eigenvalue weighted by Crippen LogP contribution is -2.45. The van der Waals surface area contributed by atoms with Crippen molar-refractivity contribution in [3.8, 4) is 0 Å². The molecule has 1 aromatic rings. The first-order chi connectivity index (χ1) is 10.6. The van der Waals surface area contributed by atoms with Gasteiger partial charge in [-0.05, 0) is 24.0 Å². The minimum absolute atomic E-state index is 0.268. The maximum Gasteiger partial charge on any atom is 0.0811 e. The number of hydrogen-bond donors (Lipinski definition) is 3. The van der Waals surface area contributed by atoms with Crippen LogP contribution in [0.25, 0.3) is 6.08 Å². The van der Waals surface area contributed by atoms with E-state index in [-0.39, 0.29) is 13.2 Å². The summed E-state index contributed by atoms with van der Waals surface area (Å²) >= 11 is 0. The molecule has 0 aliphatic rings. The van der Waals surface area contributed by atoms with Crippen LogP contribution in [-0.2, 0) is 6.42 Å². The summed E-state index contributed by atoms with van der Waals surface area (Å²) in [6.45, 7) is 1.71. The van der Waals surface area contributed by atoms with Gasteiger partial charge in [0.2, 0.25) is 0 Å². The third kappa shape index (κ3) is 7.21. The molecule has 0 amide bonds. The van der Waals surface area contributed by atoms with E-state index in [0.29, 0.717) is 0 Å². The van der Waals surface area contributed by atoms with Crippen molar-refractivity contribution in [2.45, 2.75) is 57.4 Å². The van der Waals surface area contributed by atoms with E-state index in [4.69, 9.17) is 15.9 Å². The van der Waals surface area contributed by atoms with Gasteiger partial charge < -0.3 is 15.9 Å². The maximum atomic E-state index is 9.15. The first-order valence-corrected chi connectivity index (χ1v) is 8.42. The highest BCUT2D eigenvalue weighted by Gasteiger charge is 2.18. The van der Waals surface area contributed by atoms with Gasteiger partial charge in [0.1, 0.15) is 0 Å². The quantitative estimate of drug-likeness (QED) is 0.550. The molecule has 124 valence electrons. The second-order valence-corrected chi connectivity index (χ2v) is 6.14. The van der Waals surface area contributed by atoms with Crippen molar-refractivity contribution in [3.63, 3.8) is 0 Å². The number of aliphatic hydroxyl groups excluding tert-OH is 2. The number of benzene rings is 1. The molecule has 0 heterocycles. The van der Waals surface area contributed by atoms with Gasteiger partial charge in [0.25, 0.3) is 0 Å². The number of aliphatic hydroxyl groups is 2. The molecule has 0 saturated heterocycles. The average molecular weight is 305 g/mol. The lowest BCUT2D eigenvalue weighted by Gasteiger charge is -2.19. The second-order valence-electron chi connectivity index (χ2n) is 6.14. The maximum absolute atomic E-state index is 9.15. The molecule has 3 heteroatoms. The number of rotatable bonds is 11. The summed E-state index contributed by atoms with van der Waals surface area (Å²) in [7, 11) is 0. The Labute approximate surface area is 134 Å². The summed E-state index contributed by atoms with van der Waals surface area (Å²) in [4.78, 5) is 0. The average Bonchev–Trinajstić information content (AvgIpc) is 2.57. The van der Waals surface area contributed by atoms with Crippen LogP contribution in [0.1, 0.15) is 56.6 Å². The first-order valence-electron chi connectivity index (χ1n) is 8.42. The second kappa shape index (κ2) is 10.5. The van der Waals surface area contributed by atoms with Gasteiger partial charge in [-0.15, -0.1) is 0 Å². The van der Waals surface area contributed by atoms with Crippen molar-refractivity contribution in [2.24, 2.45) is 5.73 Å². The Balaban J connectivity index is 2.38. The molecule has 1 aromatic carbocycles. The van der Waals surface area contributed by atoms with Crippen LogP contribution >= 0.6 is 0 Å². The molecule has 0 aliphatic carbocycles. The van der Waals surface area contributed by atoms with Gasteiger partial charge in [-0.2, -0.15) is 0 Å². The summed E-state index contributed by atoms with van der Waals surface area (Å²) in [6.07, 6.45) is 12.6. The lowest BCUT2D eigenvalue weighted by molar-refractivity contribution is 0.152. The molecule has 0 fully saturated rings. The zero-order chi connectivity index (χ0) is 16.3. The van der Waals surface area contributed by atoms with E-state index >= 15 is 0 Å². The fourth-order valence-corrected chi connectivity index (χ4v) is 2.32. The topological polar surface area (TPSA) is 66.5 Å². The number of aryl methyl sites for hydroxylation is 1. The normalized spacial score (nSPS) is 12.2. The van der Waals surface area contributed by atoms with Crippen LogP contribution < -0.4 is 5.73 Å². The van der Waals surface area contributed by atoms with Gasteiger partial charge in [-0.3, -0.25) is 0 Å². The Morgan fingerprint density at radius 1 is 0.955 bits per heavy atom. The summed E-state index contributed by atoms with van der Waals surface area (Å²) in [5.74, 6) is 0. The molecule has 0 bridgehead atoms. The van der Waals surface area contributed by atoms with E-state index < -0.39 is 5.54 Å². The lowest BCUT2D eigenvalue weighted by atomic mass is 10.0. The molecule has 1 rings (SSSR count). The standard InChI is InChI=1S/C19H31NO2/c1-2-3-4-5-6-7-8-17-9-11-18(12-10-17)13-14-19(20,15-21)16-22/h9-14,21-22H,2-8,15-16,20H2,1H3/b14-13+. The van der Waals surface area contributed by atoms with Crippen molar-refractivity contribution < 1.29 is 10.2 Å². The molecule has 0 saturated carbocycles. The van der Waals surface area contributed by atoms with Gasteiger partial charge in [0, 0.05) is 0 Å². The summed E-state index contributed by atoms with van der Waals surface area (Å²) in [5, 5.41) is 18.3. The van der Waals surface area contributed by atoms with Crippen molar-refractivity contribution in [1.82, 2.24) is 0 Å². The molecule has 0 radical (unpaired) electrons. The molecule has 0 atom stereocenters. The van der Waals surface area contributed by atoms with Crippen LogP contribution in [0.5, 0.6) is 0 Å². The number of nitrogens with two attached hydrogens (primary N) is 1. The monoisotopic (exact) mass is 305 g/mol. The molecular formula is C19H31NO2. The molecule has 0 aliphatic heterocycles. The van der Waals surface area contributed by atoms with Crippen molar-refractivity contribution in [1.29, 1.82) is 0 Å². The summed E-state index contributed by atoms with van der Waals surface area (Å²) in [5.41, 5.74) is 7.15. The van der Waals surface area contributed by atoms with Crippen molar-refractivity contribution in [3.05, 3.63) is 41.5 Å². The van der Waals surface area contributed by atoms with E-state index in [0.717, 1.165) is 12.0 Å². The van der Waals surface area contributed by atoms with Crippen LogP contribution in [0.2, 0.25) is 0 Å². The van der Waals surface area contributed by atoms with E-state index in [1.807, 2.05) is 6.08 Å². The highest BCUT2D eigenvalue weighted by Crippen LogP contribution is 2.13. The van der Waals surface area contributed by atoms with Crippen LogP contribution in [0.15, 0.2) is 30.3 Å². The minimum atomic E-state index is -1.04. The van der Waals surface area contributed by atoms with E-state index in [1.54, 1.807) is 6.08 Å². The molecule has 22 heavy (non-hydrogen) atoms. The largest absolute Gasteiger partial charge is 0.394 e. The molecule has 0 unspecified atom stereocenters. The van der Waals surface area contributed by atoms with Crippen molar-refractivity contribution in [2.75, 3.05) is 13.2 Å². The SMILES string of the molecule is CCCCCCCCc1ccc(/C=C/C(N)(CO)CO)cc1. The van der Waals surface area contributed by atoms with Gasteiger partial charge in [-0.25, -0.2) is 0 Å². The van der Waals surface area contributed by atoms with Gasteiger partial charge in [0.15, 0.2) is 0 Å². The van der Waals surface area contributed by atoms with Gasteiger partial charge in [0.05, 0.1) is 18.8 Å². The Morgan fingerprint density at radius 2 is 1.55 bits per heavy atom. The molecular weight excluding hydrogens is 274 g/mol. The van der Waals surface area contributed by atoms with Gasteiger partial charge >= 0.3 is 0 Å². The fraction of sp³-hybridized carbons (Fsp3) is 0.579. The van der Waals surface area contributed by atoms with E-state index in [2.05, 4.69) is 31.2 Å². The zero-order valence-electron chi connectivity index (χ0n) is 13.8. The van der Waals surface area contributed by atoms with Crippen LogP contribution in [-0.4, -0.2) is 29.0 Å². The fourth-order valence-electron chi connectivity index (χ4n) is 2.32. The van der Waals surface area contributed by atoms with E-state index in [9.17, 15) is 0 Å². The highest BCUT2D eigenvalue weighted by molar-refractivity contribution is 5.51. The molecule has 4 N–H and O–H groups in total. The Morgan fingerprint density at radius 3 is 2.14 bits per heavy atom. The van der Waals surface area contributed by atoms with Crippen LogP contribution in [0.4, 0.5) is 0 Å². The van der Waals surface area contributed by atoms with Crippen molar-refractivity contribution >= 4 is 6.08 Å². The molecule has 3 nitrogen and oxygen atoms in total. The Hall–Kier alpha value is -1.16. The highest BCUT2D eigenvalue weighted by atomic mass is 16.3. The Bertz CT molecular complexity index is 422. The first kappa shape index (κ1) is 18.9. The smallest absolute Gasteiger partial charge is 0.0811 e. The van der Waals surface area contributed by atoms with Crippen LogP contribution in [0.3, 0.4) is 0 Å². The van der Waals surface area contributed by atoms with Gasteiger partial charge in [-0.1, -0.05) is 75.4 Å². The third-order valence-electron chi connectivity index (χ3n) is 4.00.